The number of ether oxygens (including phenoxy) is 1. The Morgan fingerprint density at radius 3 is 2.43 bits per heavy atom. The maximum Gasteiger partial charge on any atom is 0.200 e. The number of Topliss-reactive ketones (excluding diaryl/α,β-unsaturated/α-hetero) is 1. The highest BCUT2D eigenvalue weighted by Crippen LogP contribution is 2.39. The lowest BCUT2D eigenvalue weighted by Crippen LogP contribution is -2.52. The first-order valence-electron chi connectivity index (χ1n) is 9.93. The van der Waals surface area contributed by atoms with Crippen molar-refractivity contribution in [2.75, 3.05) is 7.11 Å². The van der Waals surface area contributed by atoms with Gasteiger partial charge >= 0.3 is 0 Å². The Kier molecular flexibility index (Phi) is 5.44. The third kappa shape index (κ3) is 3.68. The van der Waals surface area contributed by atoms with Crippen molar-refractivity contribution in [3.8, 4) is 5.75 Å². The normalized spacial score (nSPS) is 24.8. The van der Waals surface area contributed by atoms with Crippen LogP contribution in [0, 0.1) is 17.6 Å². The summed E-state index contributed by atoms with van der Waals surface area (Å²) in [7, 11) is 1.28. The average Bonchev–Trinajstić information content (AvgIpc) is 2.70. The second-order valence-corrected chi connectivity index (χ2v) is 7.90. The predicted octanol–water partition coefficient (Wildman–Crippen LogP) is 4.99. The van der Waals surface area contributed by atoms with E-state index >= 15 is 0 Å². The van der Waals surface area contributed by atoms with Gasteiger partial charge in [0.2, 0.25) is 5.82 Å². The third-order valence-corrected chi connectivity index (χ3v) is 6.20. The van der Waals surface area contributed by atoms with Crippen LogP contribution in [-0.2, 0) is 6.54 Å². The summed E-state index contributed by atoms with van der Waals surface area (Å²) in [6.45, 7) is 0.899. The highest BCUT2D eigenvalue weighted by molar-refractivity contribution is 5.98. The first-order valence-corrected chi connectivity index (χ1v) is 9.93. The molecule has 2 aromatic rings. The molecule has 28 heavy (non-hydrogen) atoms. The van der Waals surface area contributed by atoms with Crippen molar-refractivity contribution in [1.29, 1.82) is 0 Å². The Hall–Kier alpha value is -2.27. The Balaban J connectivity index is 1.52. The van der Waals surface area contributed by atoms with Crippen LogP contribution in [0.5, 0.6) is 5.75 Å². The van der Waals surface area contributed by atoms with Gasteiger partial charge < -0.3 is 4.74 Å². The van der Waals surface area contributed by atoms with Crippen LogP contribution in [0.1, 0.15) is 48.0 Å². The second-order valence-electron chi connectivity index (χ2n) is 7.90. The summed E-state index contributed by atoms with van der Waals surface area (Å²) in [5.74, 6) is -2.56. The molecule has 0 saturated carbocycles. The zero-order valence-electron chi connectivity index (χ0n) is 16.0. The number of methoxy groups -OCH3 is 1. The van der Waals surface area contributed by atoms with Crippen LogP contribution in [0.4, 0.5) is 8.78 Å². The van der Waals surface area contributed by atoms with Crippen LogP contribution in [0.25, 0.3) is 0 Å². The molecule has 2 fully saturated rings. The van der Waals surface area contributed by atoms with Crippen molar-refractivity contribution in [3.05, 3.63) is 65.2 Å². The highest BCUT2D eigenvalue weighted by Gasteiger charge is 2.40. The topological polar surface area (TPSA) is 29.5 Å². The molecule has 2 heterocycles. The molecule has 3 nitrogen and oxygen atoms in total. The van der Waals surface area contributed by atoms with E-state index in [1.54, 1.807) is 0 Å². The summed E-state index contributed by atoms with van der Waals surface area (Å²) >= 11 is 0. The van der Waals surface area contributed by atoms with E-state index in [9.17, 15) is 13.6 Å². The van der Waals surface area contributed by atoms with Gasteiger partial charge in [-0.3, -0.25) is 9.69 Å². The summed E-state index contributed by atoms with van der Waals surface area (Å²) in [4.78, 5) is 15.6. The summed E-state index contributed by atoms with van der Waals surface area (Å²) in [5, 5.41) is 0. The molecule has 2 aliphatic heterocycles. The van der Waals surface area contributed by atoms with Crippen LogP contribution in [0.2, 0.25) is 0 Å². The first-order chi connectivity index (χ1) is 13.6. The van der Waals surface area contributed by atoms with E-state index in [0.717, 1.165) is 38.3 Å². The van der Waals surface area contributed by atoms with Crippen molar-refractivity contribution >= 4 is 5.78 Å². The number of benzene rings is 2. The van der Waals surface area contributed by atoms with Gasteiger partial charge in [0.1, 0.15) is 0 Å². The van der Waals surface area contributed by atoms with Crippen molar-refractivity contribution in [2.45, 2.75) is 50.7 Å². The number of carbonyl (C=O) groups excluding carboxylic acids is 1. The largest absolute Gasteiger partial charge is 0.494 e. The summed E-state index contributed by atoms with van der Waals surface area (Å²) < 4.78 is 32.5. The Labute approximate surface area is 164 Å². The van der Waals surface area contributed by atoms with E-state index in [-0.39, 0.29) is 23.0 Å². The van der Waals surface area contributed by atoms with Crippen LogP contribution in [-0.4, -0.2) is 29.9 Å². The van der Waals surface area contributed by atoms with E-state index in [4.69, 9.17) is 4.74 Å². The monoisotopic (exact) mass is 385 g/mol. The Morgan fingerprint density at radius 2 is 1.79 bits per heavy atom. The first kappa shape index (κ1) is 19.1. The molecular formula is C23H25F2NO2. The van der Waals surface area contributed by atoms with Gasteiger partial charge in [-0.1, -0.05) is 36.8 Å². The summed E-state index contributed by atoms with van der Waals surface area (Å²) in [6, 6.07) is 13.4. The van der Waals surface area contributed by atoms with E-state index in [1.165, 1.54) is 25.2 Å². The zero-order chi connectivity index (χ0) is 19.7. The molecule has 2 atom stereocenters. The number of ketones is 1. The minimum atomic E-state index is -1.05. The van der Waals surface area contributed by atoms with Gasteiger partial charge in [0.05, 0.1) is 7.11 Å². The number of hydrogen-bond acceptors (Lipinski definition) is 3. The minimum Gasteiger partial charge on any atom is -0.494 e. The summed E-state index contributed by atoms with van der Waals surface area (Å²) in [5.41, 5.74) is 1.49. The molecule has 2 unspecified atom stereocenters. The highest BCUT2D eigenvalue weighted by atomic mass is 19.2. The SMILES string of the molecule is COc1cc(C(=O)C2CC3CCCC(C2)N3Cc2ccccc2)cc(F)c1F. The fourth-order valence-electron chi connectivity index (χ4n) is 4.84. The van der Waals surface area contributed by atoms with Crippen LogP contribution in [0.3, 0.4) is 0 Å². The molecular weight excluding hydrogens is 360 g/mol. The van der Waals surface area contributed by atoms with Gasteiger partial charge in [0, 0.05) is 30.1 Å². The van der Waals surface area contributed by atoms with Crippen LogP contribution in [0.15, 0.2) is 42.5 Å². The van der Waals surface area contributed by atoms with Crippen LogP contribution < -0.4 is 4.74 Å². The third-order valence-electron chi connectivity index (χ3n) is 6.20. The average molecular weight is 385 g/mol. The van der Waals surface area contributed by atoms with Gasteiger partial charge in [-0.25, -0.2) is 4.39 Å². The van der Waals surface area contributed by atoms with Crippen molar-refractivity contribution in [3.63, 3.8) is 0 Å². The quantitative estimate of drug-likeness (QED) is 0.679. The molecule has 0 aliphatic carbocycles. The van der Waals surface area contributed by atoms with E-state index in [2.05, 4.69) is 29.2 Å². The molecule has 4 rings (SSSR count). The van der Waals surface area contributed by atoms with Crippen molar-refractivity contribution < 1.29 is 18.3 Å². The molecule has 2 saturated heterocycles. The molecule has 0 N–H and O–H groups in total. The van der Waals surface area contributed by atoms with Crippen LogP contribution >= 0.6 is 0 Å². The fourth-order valence-corrected chi connectivity index (χ4v) is 4.84. The van der Waals surface area contributed by atoms with Crippen molar-refractivity contribution in [1.82, 2.24) is 4.90 Å². The summed E-state index contributed by atoms with van der Waals surface area (Å²) in [6.07, 6.45) is 4.87. The van der Waals surface area contributed by atoms with E-state index in [1.807, 2.05) is 6.07 Å². The van der Waals surface area contributed by atoms with E-state index < -0.39 is 11.6 Å². The number of rotatable bonds is 5. The molecule has 5 heteroatoms. The molecule has 0 aromatic heterocycles. The zero-order valence-corrected chi connectivity index (χ0v) is 16.0. The van der Waals surface area contributed by atoms with Gasteiger partial charge in [-0.15, -0.1) is 0 Å². The number of nitrogens with zero attached hydrogens (tertiary/aromatic N) is 1. The minimum absolute atomic E-state index is 0.103. The lowest BCUT2D eigenvalue weighted by molar-refractivity contribution is 0.00904. The molecule has 2 aliphatic rings. The van der Waals surface area contributed by atoms with Gasteiger partial charge in [0.25, 0.3) is 0 Å². The number of halogens is 2. The lowest BCUT2D eigenvalue weighted by atomic mass is 9.75. The second kappa shape index (κ2) is 8.00. The molecule has 2 aromatic carbocycles. The Bertz CT molecular complexity index is 841. The number of carbonyl (C=O) groups is 1. The van der Waals surface area contributed by atoms with Gasteiger partial charge in [-0.2, -0.15) is 4.39 Å². The maximum atomic E-state index is 13.9. The van der Waals surface area contributed by atoms with Gasteiger partial charge in [-0.05, 0) is 43.4 Å². The number of piperidine rings is 2. The predicted molar refractivity (Wildman–Crippen MR) is 103 cm³/mol. The molecule has 0 amide bonds. The van der Waals surface area contributed by atoms with Gasteiger partial charge in [0.15, 0.2) is 17.3 Å². The molecule has 0 radical (unpaired) electrons. The van der Waals surface area contributed by atoms with Crippen molar-refractivity contribution in [2.24, 2.45) is 5.92 Å². The smallest absolute Gasteiger partial charge is 0.200 e. The molecule has 0 spiro atoms. The fraction of sp³-hybridized carbons (Fsp3) is 0.435. The molecule has 148 valence electrons. The molecule has 2 bridgehead atoms. The maximum absolute atomic E-state index is 13.9. The number of hydrogen-bond donors (Lipinski definition) is 0. The van der Waals surface area contributed by atoms with E-state index in [0.29, 0.717) is 12.1 Å². The Morgan fingerprint density at radius 1 is 1.11 bits per heavy atom. The standard InChI is InChI=1S/C23H25F2NO2/c1-28-21-13-17(12-20(24)22(21)25)23(27)16-10-18-8-5-9-19(11-16)26(18)14-15-6-3-2-4-7-15/h2-4,6-7,12-13,16,18-19H,5,8-11,14H2,1H3. The lowest BCUT2D eigenvalue weighted by Gasteiger charge is -2.48. The number of fused-ring (bicyclic) bond motifs is 2.